The second kappa shape index (κ2) is 7.79. The summed E-state index contributed by atoms with van der Waals surface area (Å²) in [6.45, 7) is 6.96. The minimum absolute atomic E-state index is 0.464. The minimum Gasteiger partial charge on any atom is -0.385 e. The van der Waals surface area contributed by atoms with Gasteiger partial charge in [-0.15, -0.1) is 0 Å². The smallest absolute Gasteiger partial charge is 0.208 e. The maximum Gasteiger partial charge on any atom is 0.208 e. The van der Waals surface area contributed by atoms with Crippen molar-refractivity contribution in [2.24, 2.45) is 10.8 Å². The van der Waals surface area contributed by atoms with Crippen molar-refractivity contribution in [2.45, 2.75) is 31.6 Å². The monoisotopic (exact) mass is 260 g/mol. The largest absolute Gasteiger partial charge is 0.385 e. The third-order valence-electron chi connectivity index (χ3n) is 3.05. The Hall–Kier alpha value is -0.460. The minimum atomic E-state index is 0.464. The Morgan fingerprint density at radius 3 is 3.00 bits per heavy atom. The van der Waals surface area contributed by atoms with Gasteiger partial charge in [0.1, 0.15) is 0 Å². The lowest BCUT2D eigenvalue weighted by Crippen LogP contribution is -2.54. The molecule has 100 valence electrons. The fourth-order valence-electron chi connectivity index (χ4n) is 1.85. The lowest BCUT2D eigenvalue weighted by atomic mass is 10.2. The van der Waals surface area contributed by atoms with Gasteiger partial charge in [-0.1, -0.05) is 6.92 Å². The molecule has 0 saturated carbocycles. The number of nitrogens with zero attached hydrogens (tertiary/aromatic N) is 2. The average Bonchev–Trinajstić information content (AvgIpc) is 2.34. The number of methoxy groups -OCH3 is 1. The van der Waals surface area contributed by atoms with Gasteiger partial charge < -0.3 is 9.64 Å². The summed E-state index contributed by atoms with van der Waals surface area (Å²) in [6, 6.07) is 0.464. The quantitative estimate of drug-likeness (QED) is 0.256. The van der Waals surface area contributed by atoms with Crippen molar-refractivity contribution < 1.29 is 4.74 Å². The molecule has 0 aliphatic carbocycles. The molecule has 17 heavy (non-hydrogen) atoms. The van der Waals surface area contributed by atoms with Gasteiger partial charge in [-0.3, -0.25) is 10.4 Å². The van der Waals surface area contributed by atoms with Crippen LogP contribution in [0.5, 0.6) is 0 Å². The summed E-state index contributed by atoms with van der Waals surface area (Å²) in [6.07, 6.45) is 0.925. The van der Waals surface area contributed by atoms with E-state index in [0.29, 0.717) is 11.3 Å². The first-order valence-corrected chi connectivity index (χ1v) is 7.13. The van der Waals surface area contributed by atoms with Crippen LogP contribution in [0, 0.1) is 0 Å². The molecule has 2 atom stereocenters. The van der Waals surface area contributed by atoms with Gasteiger partial charge in [-0.05, 0) is 13.3 Å². The highest BCUT2D eigenvalue weighted by Gasteiger charge is 2.27. The third kappa shape index (κ3) is 4.37. The van der Waals surface area contributed by atoms with Crippen LogP contribution in [0.1, 0.15) is 20.3 Å². The van der Waals surface area contributed by atoms with Gasteiger partial charge in [0.15, 0.2) is 0 Å². The van der Waals surface area contributed by atoms with Crippen LogP contribution in [-0.2, 0) is 4.74 Å². The standard InChI is InChI=1S/C11H24N4OS/c1-9-10(2)17-8-6-15(9)11(14-12)13-5-4-7-16-3/h9-10H,4-8,12H2,1-3H3,(H,13,14). The maximum atomic E-state index is 5.57. The summed E-state index contributed by atoms with van der Waals surface area (Å²) in [4.78, 5) is 6.76. The van der Waals surface area contributed by atoms with E-state index in [1.807, 2.05) is 11.8 Å². The van der Waals surface area contributed by atoms with E-state index in [0.717, 1.165) is 37.8 Å². The fourth-order valence-corrected chi connectivity index (χ4v) is 2.94. The highest BCUT2D eigenvalue weighted by atomic mass is 32.2. The predicted octanol–water partition coefficient (Wildman–Crippen LogP) is 0.668. The molecule has 3 N–H and O–H groups in total. The molecule has 0 radical (unpaired) electrons. The van der Waals surface area contributed by atoms with E-state index in [-0.39, 0.29) is 0 Å². The Morgan fingerprint density at radius 2 is 2.35 bits per heavy atom. The zero-order valence-electron chi connectivity index (χ0n) is 11.0. The van der Waals surface area contributed by atoms with Crippen LogP contribution in [-0.4, -0.2) is 54.7 Å². The van der Waals surface area contributed by atoms with Gasteiger partial charge >= 0.3 is 0 Å². The van der Waals surface area contributed by atoms with E-state index in [9.17, 15) is 0 Å². The second-order valence-electron chi connectivity index (χ2n) is 4.21. The molecule has 0 amide bonds. The number of ether oxygens (including phenoxy) is 1. The number of guanidine groups is 1. The number of rotatable bonds is 4. The Morgan fingerprint density at radius 1 is 1.59 bits per heavy atom. The molecule has 5 nitrogen and oxygen atoms in total. The lowest BCUT2D eigenvalue weighted by molar-refractivity contribution is 0.196. The molecular formula is C11H24N4OS. The molecular weight excluding hydrogens is 236 g/mol. The molecule has 0 aromatic carbocycles. The maximum absolute atomic E-state index is 5.57. The summed E-state index contributed by atoms with van der Waals surface area (Å²) >= 11 is 2.00. The van der Waals surface area contributed by atoms with E-state index in [1.54, 1.807) is 7.11 Å². The Labute approximate surface area is 108 Å². The van der Waals surface area contributed by atoms with Crippen molar-refractivity contribution in [1.29, 1.82) is 0 Å². The molecule has 1 aliphatic rings. The number of hydrazine groups is 1. The normalized spacial score (nSPS) is 26.1. The molecule has 1 heterocycles. The van der Waals surface area contributed by atoms with Gasteiger partial charge in [0.05, 0.1) is 0 Å². The van der Waals surface area contributed by atoms with Crippen LogP contribution in [0.3, 0.4) is 0 Å². The molecule has 0 aromatic rings. The van der Waals surface area contributed by atoms with Gasteiger partial charge in [-0.2, -0.15) is 11.8 Å². The summed E-state index contributed by atoms with van der Waals surface area (Å²) < 4.78 is 5.00. The third-order valence-corrected chi connectivity index (χ3v) is 4.39. The lowest BCUT2D eigenvalue weighted by Gasteiger charge is -2.39. The van der Waals surface area contributed by atoms with E-state index in [4.69, 9.17) is 10.6 Å². The number of hydrogen-bond acceptors (Lipinski definition) is 4. The Balaban J connectivity index is 2.52. The number of thioether (sulfide) groups is 1. The molecule has 2 unspecified atom stereocenters. The van der Waals surface area contributed by atoms with Gasteiger partial charge in [0, 0.05) is 43.9 Å². The first kappa shape index (κ1) is 14.6. The van der Waals surface area contributed by atoms with Crippen LogP contribution in [0.4, 0.5) is 0 Å². The van der Waals surface area contributed by atoms with Crippen molar-refractivity contribution in [3.63, 3.8) is 0 Å². The van der Waals surface area contributed by atoms with Crippen LogP contribution >= 0.6 is 11.8 Å². The molecule has 1 saturated heterocycles. The highest BCUT2D eigenvalue weighted by molar-refractivity contribution is 8.00. The molecule has 0 aromatic heterocycles. The van der Waals surface area contributed by atoms with Gasteiger partial charge in [0.25, 0.3) is 0 Å². The number of hydrogen-bond donors (Lipinski definition) is 2. The first-order valence-electron chi connectivity index (χ1n) is 6.09. The van der Waals surface area contributed by atoms with Crippen molar-refractivity contribution in [2.75, 3.05) is 32.6 Å². The van der Waals surface area contributed by atoms with E-state index in [2.05, 4.69) is 29.2 Å². The molecule has 1 fully saturated rings. The van der Waals surface area contributed by atoms with Crippen LogP contribution in [0.15, 0.2) is 4.99 Å². The average molecular weight is 260 g/mol. The molecule has 0 spiro atoms. The number of nitrogens with one attached hydrogen (secondary N) is 1. The number of nitrogens with two attached hydrogens (primary N) is 1. The van der Waals surface area contributed by atoms with Gasteiger partial charge in [-0.25, -0.2) is 5.84 Å². The van der Waals surface area contributed by atoms with Crippen LogP contribution < -0.4 is 11.3 Å². The SMILES string of the molecule is COCCCN=C(NN)N1CCSC(C)C1C. The molecule has 6 heteroatoms. The molecule has 0 bridgehead atoms. The first-order chi connectivity index (χ1) is 8.20. The van der Waals surface area contributed by atoms with Crippen LogP contribution in [0.25, 0.3) is 0 Å². The highest BCUT2D eigenvalue weighted by Crippen LogP contribution is 2.23. The summed E-state index contributed by atoms with van der Waals surface area (Å²) in [5.41, 5.74) is 2.73. The molecule has 1 aliphatic heterocycles. The van der Waals surface area contributed by atoms with Crippen LogP contribution in [0.2, 0.25) is 0 Å². The van der Waals surface area contributed by atoms with Crippen molar-refractivity contribution in [3.05, 3.63) is 0 Å². The number of aliphatic imine (C=N–C) groups is 1. The summed E-state index contributed by atoms with van der Waals surface area (Å²) in [5, 5.41) is 0.612. The Kier molecular flexibility index (Phi) is 6.69. The summed E-state index contributed by atoms with van der Waals surface area (Å²) in [7, 11) is 1.71. The van der Waals surface area contributed by atoms with E-state index < -0.39 is 0 Å². The van der Waals surface area contributed by atoms with Crippen molar-refractivity contribution in [3.8, 4) is 0 Å². The zero-order valence-corrected chi connectivity index (χ0v) is 11.8. The topological polar surface area (TPSA) is 62.9 Å². The predicted molar refractivity (Wildman–Crippen MR) is 74.2 cm³/mol. The van der Waals surface area contributed by atoms with E-state index in [1.165, 1.54) is 0 Å². The zero-order chi connectivity index (χ0) is 12.7. The Bertz CT molecular complexity index is 250. The fraction of sp³-hybridized carbons (Fsp3) is 0.909. The van der Waals surface area contributed by atoms with Crippen molar-refractivity contribution >= 4 is 17.7 Å². The summed E-state index contributed by atoms with van der Waals surface area (Å²) in [5.74, 6) is 7.50. The second-order valence-corrected chi connectivity index (χ2v) is 5.69. The van der Waals surface area contributed by atoms with Gasteiger partial charge in [0.2, 0.25) is 5.96 Å². The van der Waals surface area contributed by atoms with Crippen molar-refractivity contribution in [1.82, 2.24) is 10.3 Å². The molecule has 1 rings (SSSR count). The van der Waals surface area contributed by atoms with E-state index >= 15 is 0 Å².